The molecule has 4 nitrogen and oxygen atoms in total. The van der Waals surface area contributed by atoms with E-state index in [1.165, 1.54) is 11.1 Å². The Kier molecular flexibility index (Phi) is 7.86. The molecule has 0 amide bonds. The standard InChI is InChI=1S/C31H44O4/c1-18(2)20(5)9-11-24(29(34)35)28-27(33)17-31(8)25-13-10-21(6)22(12-14-26(32)19(3)4)23(25)15-16-30(28,31)7/h10,13,15-16,18-19,24,27-28,33H,5,9,11-12,14,17H2,1-4,6-8H3,(H,34,35). The van der Waals surface area contributed by atoms with E-state index in [0.29, 0.717) is 38.0 Å². The number of Topliss-reactive ketones (excluding diaryl/α,β-unsaturated/α-hetero) is 1. The van der Waals surface area contributed by atoms with Crippen LogP contribution in [0, 0.1) is 36.0 Å². The monoisotopic (exact) mass is 480 g/mol. The van der Waals surface area contributed by atoms with Crippen molar-refractivity contribution in [3.8, 4) is 0 Å². The summed E-state index contributed by atoms with van der Waals surface area (Å²) in [7, 11) is 0. The van der Waals surface area contributed by atoms with E-state index in [1.54, 1.807) is 0 Å². The summed E-state index contributed by atoms with van der Waals surface area (Å²) >= 11 is 0. The molecule has 0 aromatic heterocycles. The zero-order valence-electron chi connectivity index (χ0n) is 22.6. The average Bonchev–Trinajstić information content (AvgIpc) is 2.98. The fraction of sp³-hybridized carbons (Fsp3) is 0.613. The van der Waals surface area contributed by atoms with Gasteiger partial charge in [0, 0.05) is 29.1 Å². The maximum absolute atomic E-state index is 12.5. The number of allylic oxidation sites excluding steroid dienone is 2. The molecule has 192 valence electrons. The summed E-state index contributed by atoms with van der Waals surface area (Å²) in [4.78, 5) is 24.8. The van der Waals surface area contributed by atoms with Gasteiger partial charge in [0.2, 0.25) is 0 Å². The van der Waals surface area contributed by atoms with Crippen molar-refractivity contribution in [1.82, 2.24) is 0 Å². The number of carboxylic acids is 1. The molecule has 1 saturated carbocycles. The molecule has 35 heavy (non-hydrogen) atoms. The molecule has 0 heterocycles. The van der Waals surface area contributed by atoms with Gasteiger partial charge in [0.25, 0.3) is 0 Å². The van der Waals surface area contributed by atoms with Crippen LogP contribution in [0.4, 0.5) is 0 Å². The Morgan fingerprint density at radius 1 is 1.11 bits per heavy atom. The lowest BCUT2D eigenvalue weighted by molar-refractivity contribution is -0.147. The summed E-state index contributed by atoms with van der Waals surface area (Å²) in [5.74, 6) is -1.27. The molecule has 0 aliphatic heterocycles. The number of hydrogen-bond donors (Lipinski definition) is 2. The summed E-state index contributed by atoms with van der Waals surface area (Å²) in [6.07, 6.45) is 6.46. The molecule has 0 saturated heterocycles. The number of carbonyl (C=O) groups excluding carboxylic acids is 1. The minimum absolute atomic E-state index is 0.0247. The molecule has 2 aliphatic rings. The van der Waals surface area contributed by atoms with Crippen LogP contribution in [0.2, 0.25) is 0 Å². The lowest BCUT2D eigenvalue weighted by atomic mass is 9.55. The van der Waals surface area contributed by atoms with E-state index < -0.39 is 28.8 Å². The zero-order valence-corrected chi connectivity index (χ0v) is 22.6. The molecule has 4 heteroatoms. The van der Waals surface area contributed by atoms with Gasteiger partial charge in [-0.25, -0.2) is 0 Å². The summed E-state index contributed by atoms with van der Waals surface area (Å²) < 4.78 is 0. The van der Waals surface area contributed by atoms with Gasteiger partial charge in [-0.1, -0.05) is 78.0 Å². The van der Waals surface area contributed by atoms with E-state index in [4.69, 9.17) is 0 Å². The minimum Gasteiger partial charge on any atom is -0.481 e. The number of aliphatic hydroxyl groups excluding tert-OH is 1. The quantitative estimate of drug-likeness (QED) is 0.374. The first-order valence-corrected chi connectivity index (χ1v) is 13.2. The van der Waals surface area contributed by atoms with Crippen molar-refractivity contribution in [2.24, 2.45) is 29.1 Å². The van der Waals surface area contributed by atoms with Crippen molar-refractivity contribution in [3.05, 3.63) is 52.6 Å². The molecule has 5 atom stereocenters. The van der Waals surface area contributed by atoms with Crippen LogP contribution < -0.4 is 0 Å². The van der Waals surface area contributed by atoms with E-state index in [0.717, 1.165) is 16.7 Å². The van der Waals surface area contributed by atoms with E-state index in [9.17, 15) is 19.8 Å². The van der Waals surface area contributed by atoms with Crippen molar-refractivity contribution < 1.29 is 19.8 Å². The highest BCUT2D eigenvalue weighted by Crippen LogP contribution is 2.63. The molecule has 0 radical (unpaired) electrons. The van der Waals surface area contributed by atoms with Crippen molar-refractivity contribution in [2.75, 3.05) is 0 Å². The average molecular weight is 481 g/mol. The normalized spacial score (nSPS) is 28.2. The van der Waals surface area contributed by atoms with Gasteiger partial charge in [0.15, 0.2) is 0 Å². The summed E-state index contributed by atoms with van der Waals surface area (Å²) in [6.45, 7) is 18.6. The van der Waals surface area contributed by atoms with Gasteiger partial charge in [-0.05, 0) is 60.8 Å². The van der Waals surface area contributed by atoms with E-state index in [2.05, 4.69) is 65.5 Å². The Hall–Kier alpha value is -2.20. The van der Waals surface area contributed by atoms with Gasteiger partial charge >= 0.3 is 5.97 Å². The van der Waals surface area contributed by atoms with Crippen LogP contribution in [0.5, 0.6) is 0 Å². The third-order valence-electron chi connectivity index (χ3n) is 9.30. The number of fused-ring (bicyclic) bond motifs is 3. The van der Waals surface area contributed by atoms with Crippen LogP contribution >= 0.6 is 0 Å². The van der Waals surface area contributed by atoms with Gasteiger partial charge in [0.1, 0.15) is 5.78 Å². The Balaban J connectivity index is 2.01. The van der Waals surface area contributed by atoms with Crippen LogP contribution in [-0.2, 0) is 21.4 Å². The van der Waals surface area contributed by atoms with E-state index in [1.807, 2.05) is 13.8 Å². The molecular formula is C31H44O4. The Morgan fingerprint density at radius 2 is 1.77 bits per heavy atom. The molecule has 3 rings (SSSR count). The highest BCUT2D eigenvalue weighted by Gasteiger charge is 2.62. The van der Waals surface area contributed by atoms with Crippen LogP contribution in [-0.4, -0.2) is 28.1 Å². The molecule has 0 bridgehead atoms. The molecular weight excluding hydrogens is 436 g/mol. The molecule has 2 aliphatic carbocycles. The van der Waals surface area contributed by atoms with E-state index in [-0.39, 0.29) is 17.6 Å². The van der Waals surface area contributed by atoms with Crippen molar-refractivity contribution >= 4 is 17.8 Å². The highest BCUT2D eigenvalue weighted by atomic mass is 16.4. The predicted molar refractivity (Wildman–Crippen MR) is 142 cm³/mol. The second-order valence-electron chi connectivity index (χ2n) is 12.0. The lowest BCUT2D eigenvalue weighted by Crippen LogP contribution is -2.45. The number of aryl methyl sites for hydroxylation is 1. The zero-order chi connectivity index (χ0) is 26.3. The Morgan fingerprint density at radius 3 is 2.34 bits per heavy atom. The van der Waals surface area contributed by atoms with Crippen LogP contribution in [0.3, 0.4) is 0 Å². The number of carboxylic acid groups (broad SMARTS) is 1. The Labute approximate surface area is 211 Å². The number of hydrogen-bond acceptors (Lipinski definition) is 3. The molecule has 2 N–H and O–H groups in total. The first kappa shape index (κ1) is 27.4. The smallest absolute Gasteiger partial charge is 0.306 e. The van der Waals surface area contributed by atoms with Crippen LogP contribution in [0.1, 0.15) is 89.5 Å². The molecule has 0 spiro atoms. The number of carbonyl (C=O) groups is 2. The molecule has 1 fully saturated rings. The van der Waals surface area contributed by atoms with Gasteiger partial charge in [-0.15, -0.1) is 0 Å². The highest BCUT2D eigenvalue weighted by molar-refractivity contribution is 5.81. The van der Waals surface area contributed by atoms with Crippen LogP contribution in [0.15, 0.2) is 30.4 Å². The Bertz CT molecular complexity index is 1030. The molecule has 5 unspecified atom stereocenters. The topological polar surface area (TPSA) is 74.6 Å². The summed E-state index contributed by atoms with van der Waals surface area (Å²) in [5.41, 5.74) is 4.83. The van der Waals surface area contributed by atoms with Gasteiger partial charge < -0.3 is 10.2 Å². The third-order valence-corrected chi connectivity index (χ3v) is 9.30. The minimum atomic E-state index is -0.841. The predicted octanol–water partition coefficient (Wildman–Crippen LogP) is 6.52. The molecule has 1 aromatic rings. The third kappa shape index (κ3) is 4.79. The van der Waals surface area contributed by atoms with Gasteiger partial charge in [-0.3, -0.25) is 9.59 Å². The van der Waals surface area contributed by atoms with Crippen molar-refractivity contribution in [2.45, 2.75) is 92.1 Å². The lowest BCUT2D eigenvalue weighted by Gasteiger charge is -2.47. The number of benzene rings is 1. The van der Waals surface area contributed by atoms with Gasteiger partial charge in [0.05, 0.1) is 12.0 Å². The number of rotatable bonds is 10. The number of aliphatic hydroxyl groups is 1. The number of aliphatic carboxylic acids is 1. The van der Waals surface area contributed by atoms with E-state index >= 15 is 0 Å². The fourth-order valence-corrected chi connectivity index (χ4v) is 6.57. The molecule has 1 aromatic carbocycles. The largest absolute Gasteiger partial charge is 0.481 e. The second-order valence-corrected chi connectivity index (χ2v) is 12.0. The first-order valence-electron chi connectivity index (χ1n) is 13.2. The second kappa shape index (κ2) is 10.0. The summed E-state index contributed by atoms with van der Waals surface area (Å²) in [6, 6.07) is 4.28. The number of ketones is 1. The van der Waals surface area contributed by atoms with Crippen molar-refractivity contribution in [1.29, 1.82) is 0 Å². The summed E-state index contributed by atoms with van der Waals surface area (Å²) in [5, 5.41) is 21.6. The SMILES string of the molecule is C=C(CCC(C(=O)O)C1C(O)CC2(C)c3ccc(C)c(CCC(=O)C(C)C)c3C=CC12C)C(C)C. The maximum Gasteiger partial charge on any atom is 0.306 e. The first-order chi connectivity index (χ1) is 16.2. The van der Waals surface area contributed by atoms with Gasteiger partial charge in [-0.2, -0.15) is 0 Å². The fourth-order valence-electron chi connectivity index (χ4n) is 6.57. The van der Waals surface area contributed by atoms with Crippen LogP contribution in [0.25, 0.3) is 6.08 Å². The maximum atomic E-state index is 12.5. The van der Waals surface area contributed by atoms with Crippen molar-refractivity contribution in [3.63, 3.8) is 0 Å².